The van der Waals surface area contributed by atoms with Crippen molar-refractivity contribution in [1.82, 2.24) is 40.4 Å². The summed E-state index contributed by atoms with van der Waals surface area (Å²) in [4.78, 5) is 68.7. The Morgan fingerprint density at radius 3 is 1.92 bits per heavy atom. The molecule has 2 aliphatic heterocycles. The second-order valence-electron chi connectivity index (χ2n) is 13.1. The van der Waals surface area contributed by atoms with Gasteiger partial charge in [-0.3, -0.25) is 9.59 Å². The molecule has 52 heavy (non-hydrogen) atoms. The number of fused-ring (bicyclic) bond motifs is 2. The number of aromatic nitrogens is 4. The smallest absolute Gasteiger partial charge is 0.406 e. The summed E-state index contributed by atoms with van der Waals surface area (Å²) in [5, 5.41) is 7.32. The van der Waals surface area contributed by atoms with Crippen LogP contribution >= 0.6 is 0 Å². The van der Waals surface area contributed by atoms with E-state index in [4.69, 9.17) is 4.98 Å². The molecule has 2 unspecified atom stereocenters. The molecule has 0 saturated carbocycles. The highest BCUT2D eigenvalue weighted by Gasteiger charge is 2.33. The van der Waals surface area contributed by atoms with E-state index < -0.39 is 12.2 Å². The molecule has 5 aromatic rings. The number of aromatic amines is 2. The SMILES string of the molecule is COC(=O)NCCC(=O)N1CCCC1c1ncc(-c2ccc3cc(-c4ccc5nc(C6CCCN6C(=O)CCNC(=O)OC)[nH]c5c4)ccc3c2)[nH]1. The van der Waals surface area contributed by atoms with Gasteiger partial charge in [-0.05, 0) is 71.8 Å². The summed E-state index contributed by atoms with van der Waals surface area (Å²) in [5.74, 6) is 1.48. The van der Waals surface area contributed by atoms with E-state index >= 15 is 0 Å². The van der Waals surface area contributed by atoms with Crippen molar-refractivity contribution in [2.75, 3.05) is 40.4 Å². The highest BCUT2D eigenvalue weighted by Crippen LogP contribution is 2.35. The van der Waals surface area contributed by atoms with Gasteiger partial charge in [0.1, 0.15) is 11.6 Å². The number of nitrogens with one attached hydrogen (secondary N) is 4. The summed E-state index contributed by atoms with van der Waals surface area (Å²) < 4.78 is 9.18. The number of benzene rings is 3. The first-order valence-electron chi connectivity index (χ1n) is 17.6. The maximum absolute atomic E-state index is 13.0. The predicted molar refractivity (Wildman–Crippen MR) is 194 cm³/mol. The Morgan fingerprint density at radius 2 is 1.29 bits per heavy atom. The molecule has 4 N–H and O–H groups in total. The van der Waals surface area contributed by atoms with Gasteiger partial charge in [-0.25, -0.2) is 19.6 Å². The Kier molecular flexibility index (Phi) is 10.0. The molecule has 0 radical (unpaired) electrons. The third kappa shape index (κ3) is 7.27. The van der Waals surface area contributed by atoms with E-state index in [0.29, 0.717) is 13.1 Å². The van der Waals surface area contributed by atoms with Crippen LogP contribution in [0.4, 0.5) is 9.59 Å². The summed E-state index contributed by atoms with van der Waals surface area (Å²) >= 11 is 0. The number of ether oxygens (including phenoxy) is 2. The number of likely N-dealkylation sites (tertiary alicyclic amines) is 2. The molecule has 4 amide bonds. The van der Waals surface area contributed by atoms with Crippen molar-refractivity contribution in [3.8, 4) is 22.4 Å². The monoisotopic (exact) mass is 706 g/mol. The van der Waals surface area contributed by atoms with E-state index in [0.717, 1.165) is 81.5 Å². The molecule has 0 aliphatic carbocycles. The molecule has 2 fully saturated rings. The molecular formula is C38H42N8O6. The number of carbonyl (C=O) groups excluding carboxylic acids is 4. The van der Waals surface area contributed by atoms with Crippen molar-refractivity contribution < 1.29 is 28.7 Å². The zero-order chi connectivity index (χ0) is 36.2. The molecule has 2 aromatic heterocycles. The first-order valence-corrected chi connectivity index (χ1v) is 17.6. The fraction of sp³-hybridized carbons (Fsp3) is 0.368. The van der Waals surface area contributed by atoms with Gasteiger partial charge in [0.05, 0.1) is 49.2 Å². The summed E-state index contributed by atoms with van der Waals surface area (Å²) in [6.45, 7) is 1.76. The topological polar surface area (TPSA) is 175 Å². The quantitative estimate of drug-likeness (QED) is 0.145. The van der Waals surface area contributed by atoms with Crippen LogP contribution in [0, 0.1) is 0 Å². The van der Waals surface area contributed by atoms with Crippen molar-refractivity contribution in [1.29, 1.82) is 0 Å². The maximum atomic E-state index is 13.0. The Bertz CT molecular complexity index is 2120. The van der Waals surface area contributed by atoms with Gasteiger partial charge < -0.3 is 39.9 Å². The molecule has 2 aliphatic rings. The second kappa shape index (κ2) is 15.1. The van der Waals surface area contributed by atoms with Crippen LogP contribution in [0.15, 0.2) is 60.8 Å². The highest BCUT2D eigenvalue weighted by atomic mass is 16.5. The van der Waals surface area contributed by atoms with Crippen LogP contribution in [0.1, 0.15) is 62.3 Å². The van der Waals surface area contributed by atoms with Crippen LogP contribution in [-0.4, -0.2) is 94.1 Å². The van der Waals surface area contributed by atoms with Crippen LogP contribution < -0.4 is 10.6 Å². The summed E-state index contributed by atoms with van der Waals surface area (Å²) in [6, 6.07) is 18.6. The number of methoxy groups -OCH3 is 2. The van der Waals surface area contributed by atoms with Crippen LogP contribution in [0.3, 0.4) is 0 Å². The largest absolute Gasteiger partial charge is 0.453 e. The highest BCUT2D eigenvalue weighted by molar-refractivity contribution is 5.92. The molecule has 4 heterocycles. The summed E-state index contributed by atoms with van der Waals surface area (Å²) in [7, 11) is 2.59. The van der Waals surface area contributed by atoms with E-state index in [1.807, 2.05) is 22.1 Å². The molecule has 0 bridgehead atoms. The third-order valence-corrected chi connectivity index (χ3v) is 9.95. The lowest BCUT2D eigenvalue weighted by Gasteiger charge is -2.23. The standard InChI is InChI=1S/C38H42N8O6/c1-51-37(49)39-15-13-33(47)45-17-3-5-31(45)35-41-22-30(44-35)27-10-9-23-19-24(7-8-25(23)20-27)26-11-12-28-29(21-26)43-36(42-28)32-6-4-18-46(32)34(48)14-16-40-38(50)52-2/h7-12,19-22,31-32H,3-6,13-18H2,1-2H3,(H,39,49)(H,40,50)(H,41,44)(H,42,43). The average Bonchev–Trinajstić information content (AvgIpc) is 3.99. The second-order valence-corrected chi connectivity index (χ2v) is 13.1. The van der Waals surface area contributed by atoms with Crippen LogP contribution in [-0.2, 0) is 19.1 Å². The minimum Gasteiger partial charge on any atom is -0.453 e. The number of H-pyrrole nitrogens is 2. The predicted octanol–water partition coefficient (Wildman–Crippen LogP) is 5.59. The number of hydrogen-bond donors (Lipinski definition) is 4. The molecule has 3 aromatic carbocycles. The van der Waals surface area contributed by atoms with Crippen LogP contribution in [0.25, 0.3) is 44.2 Å². The van der Waals surface area contributed by atoms with E-state index in [1.54, 1.807) is 0 Å². The Morgan fingerprint density at radius 1 is 0.731 bits per heavy atom. The molecule has 14 heteroatoms. The van der Waals surface area contributed by atoms with Crippen molar-refractivity contribution >= 4 is 45.8 Å². The fourth-order valence-corrected chi connectivity index (χ4v) is 7.29. The van der Waals surface area contributed by atoms with Gasteiger partial charge in [0, 0.05) is 44.6 Å². The number of alkyl carbamates (subject to hydrolysis) is 2. The van der Waals surface area contributed by atoms with Gasteiger partial charge >= 0.3 is 12.2 Å². The molecular weight excluding hydrogens is 664 g/mol. The minimum absolute atomic E-state index is 0.0252. The summed E-state index contributed by atoms with van der Waals surface area (Å²) in [5.41, 5.74) is 5.76. The van der Waals surface area contributed by atoms with Gasteiger partial charge in [0.2, 0.25) is 11.8 Å². The average molecular weight is 707 g/mol. The molecule has 2 atom stereocenters. The normalized spacial score (nSPS) is 17.1. The number of carbonyl (C=O) groups is 4. The van der Waals surface area contributed by atoms with Gasteiger partial charge in [-0.1, -0.05) is 30.3 Å². The molecule has 2 saturated heterocycles. The van der Waals surface area contributed by atoms with Crippen molar-refractivity contribution in [2.45, 2.75) is 50.6 Å². The zero-order valence-electron chi connectivity index (χ0n) is 29.2. The minimum atomic E-state index is -0.550. The van der Waals surface area contributed by atoms with Crippen LogP contribution in [0.5, 0.6) is 0 Å². The number of nitrogens with zero attached hydrogens (tertiary/aromatic N) is 4. The van der Waals surface area contributed by atoms with Crippen molar-refractivity contribution in [3.63, 3.8) is 0 Å². The molecule has 7 rings (SSSR count). The third-order valence-electron chi connectivity index (χ3n) is 9.95. The fourth-order valence-electron chi connectivity index (χ4n) is 7.29. The van der Waals surface area contributed by atoms with Gasteiger partial charge in [0.25, 0.3) is 0 Å². The summed E-state index contributed by atoms with van der Waals surface area (Å²) in [6.07, 6.45) is 4.55. The van der Waals surface area contributed by atoms with E-state index in [2.05, 4.69) is 83.6 Å². The number of imidazole rings is 2. The molecule has 0 spiro atoms. The molecule has 270 valence electrons. The first kappa shape index (κ1) is 34.5. The first-order chi connectivity index (χ1) is 25.3. The van der Waals surface area contributed by atoms with E-state index in [9.17, 15) is 19.2 Å². The van der Waals surface area contributed by atoms with Crippen molar-refractivity contribution in [3.05, 3.63) is 72.4 Å². The van der Waals surface area contributed by atoms with Crippen molar-refractivity contribution in [2.24, 2.45) is 0 Å². The van der Waals surface area contributed by atoms with Gasteiger partial charge in [-0.2, -0.15) is 0 Å². The number of hydrogen-bond acceptors (Lipinski definition) is 8. The lowest BCUT2D eigenvalue weighted by Crippen LogP contribution is -2.34. The maximum Gasteiger partial charge on any atom is 0.406 e. The number of rotatable bonds is 10. The Hall–Kier alpha value is -5.92. The van der Waals surface area contributed by atoms with E-state index in [-0.39, 0.29) is 49.8 Å². The lowest BCUT2D eigenvalue weighted by atomic mass is 9.99. The molecule has 14 nitrogen and oxygen atoms in total. The van der Waals surface area contributed by atoms with E-state index in [1.165, 1.54) is 14.2 Å². The van der Waals surface area contributed by atoms with Gasteiger partial charge in [0.15, 0.2) is 0 Å². The zero-order valence-corrected chi connectivity index (χ0v) is 29.2. The Balaban J connectivity index is 1.03. The number of amides is 4. The Labute approximate surface area is 300 Å². The van der Waals surface area contributed by atoms with Crippen LogP contribution in [0.2, 0.25) is 0 Å². The lowest BCUT2D eigenvalue weighted by molar-refractivity contribution is -0.132. The van der Waals surface area contributed by atoms with Gasteiger partial charge in [-0.15, -0.1) is 0 Å².